The first-order valence-corrected chi connectivity index (χ1v) is 9.90. The Morgan fingerprint density at radius 1 is 1.13 bits per heavy atom. The maximum absolute atomic E-state index is 12.5. The smallest absolute Gasteiger partial charge is 0.253 e. The number of sulfonamides is 1. The van der Waals surface area contributed by atoms with Crippen LogP contribution < -0.4 is 0 Å². The minimum atomic E-state index is -3.21. The number of rotatable bonds is 5. The summed E-state index contributed by atoms with van der Waals surface area (Å²) in [5.74, 6) is 1.05. The summed E-state index contributed by atoms with van der Waals surface area (Å²) in [6.45, 7) is 3.76. The Hall–Kier alpha value is -1.40. The number of benzene rings is 1. The third-order valence-corrected chi connectivity index (χ3v) is 6.94. The molecule has 1 heterocycles. The van der Waals surface area contributed by atoms with E-state index in [1.165, 1.54) is 0 Å². The Labute approximate surface area is 138 Å². The number of amides is 1. The summed E-state index contributed by atoms with van der Waals surface area (Å²) in [6, 6.07) is 9.15. The fourth-order valence-corrected chi connectivity index (χ4v) is 5.04. The van der Waals surface area contributed by atoms with Gasteiger partial charge in [0, 0.05) is 31.7 Å². The van der Waals surface area contributed by atoms with Crippen LogP contribution in [0, 0.1) is 11.8 Å². The van der Waals surface area contributed by atoms with Gasteiger partial charge in [0.1, 0.15) is 0 Å². The van der Waals surface area contributed by atoms with Crippen LogP contribution in [0.25, 0.3) is 0 Å². The van der Waals surface area contributed by atoms with Crippen molar-refractivity contribution in [2.75, 3.05) is 31.9 Å². The van der Waals surface area contributed by atoms with Crippen LogP contribution in [0.4, 0.5) is 0 Å². The molecule has 1 aromatic carbocycles. The Morgan fingerprint density at radius 2 is 1.74 bits per heavy atom. The van der Waals surface area contributed by atoms with E-state index >= 15 is 0 Å². The fraction of sp³-hybridized carbons (Fsp3) is 0.588. The lowest BCUT2D eigenvalue weighted by Gasteiger charge is -2.34. The second-order valence-electron chi connectivity index (χ2n) is 6.65. The van der Waals surface area contributed by atoms with Gasteiger partial charge in [-0.2, -0.15) is 4.31 Å². The number of nitrogens with zero attached hydrogens (tertiary/aromatic N) is 2. The van der Waals surface area contributed by atoms with Gasteiger partial charge in [0.25, 0.3) is 5.91 Å². The molecule has 1 amide bonds. The Kier molecular flexibility index (Phi) is 4.73. The molecule has 0 aromatic heterocycles. The lowest BCUT2D eigenvalue weighted by molar-refractivity contribution is 0.0697. The highest BCUT2D eigenvalue weighted by Gasteiger charge is 2.35. The highest BCUT2D eigenvalue weighted by atomic mass is 32.2. The average molecular weight is 336 g/mol. The molecule has 126 valence electrons. The van der Waals surface area contributed by atoms with Crippen molar-refractivity contribution in [1.29, 1.82) is 0 Å². The van der Waals surface area contributed by atoms with Gasteiger partial charge in [0.05, 0.1) is 5.75 Å². The van der Waals surface area contributed by atoms with Gasteiger partial charge in [0.15, 0.2) is 0 Å². The van der Waals surface area contributed by atoms with Crippen LogP contribution in [0.1, 0.15) is 30.1 Å². The van der Waals surface area contributed by atoms with E-state index in [0.717, 1.165) is 12.8 Å². The standard InChI is InChI=1S/C17H24N2O3S/c1-14(15-7-8-15)13-23(21,22)19-11-9-18(10-12-19)17(20)16-5-3-2-4-6-16/h2-6,14-15H,7-13H2,1H3. The zero-order valence-electron chi connectivity index (χ0n) is 13.5. The predicted molar refractivity (Wildman–Crippen MR) is 89.6 cm³/mol. The van der Waals surface area contributed by atoms with Gasteiger partial charge in [-0.25, -0.2) is 8.42 Å². The number of carbonyl (C=O) groups is 1. The van der Waals surface area contributed by atoms with Gasteiger partial charge >= 0.3 is 0 Å². The van der Waals surface area contributed by atoms with Crippen molar-refractivity contribution in [1.82, 2.24) is 9.21 Å². The van der Waals surface area contributed by atoms with Crippen LogP contribution in [-0.2, 0) is 10.0 Å². The van der Waals surface area contributed by atoms with Crippen molar-refractivity contribution in [2.24, 2.45) is 11.8 Å². The molecule has 0 bridgehead atoms. The molecule has 1 atom stereocenters. The Bertz CT molecular complexity index is 648. The molecule has 5 nitrogen and oxygen atoms in total. The van der Waals surface area contributed by atoms with Crippen LogP contribution in [0.2, 0.25) is 0 Å². The summed E-state index contributed by atoms with van der Waals surface area (Å²) < 4.78 is 26.6. The van der Waals surface area contributed by atoms with E-state index < -0.39 is 10.0 Å². The third kappa shape index (κ3) is 3.93. The summed E-state index contributed by atoms with van der Waals surface area (Å²) in [4.78, 5) is 14.1. The molecule has 0 N–H and O–H groups in total. The number of hydrogen-bond acceptors (Lipinski definition) is 3. The largest absolute Gasteiger partial charge is 0.336 e. The molecule has 0 radical (unpaired) electrons. The van der Waals surface area contributed by atoms with Crippen LogP contribution in [-0.4, -0.2) is 55.5 Å². The molecule has 23 heavy (non-hydrogen) atoms. The van der Waals surface area contributed by atoms with Crippen LogP contribution in [0.15, 0.2) is 30.3 Å². The maximum Gasteiger partial charge on any atom is 0.253 e. The molecule has 1 saturated heterocycles. The van der Waals surface area contributed by atoms with E-state index in [2.05, 4.69) is 0 Å². The summed E-state index contributed by atoms with van der Waals surface area (Å²) in [5.41, 5.74) is 0.658. The van der Waals surface area contributed by atoms with Gasteiger partial charge in [-0.3, -0.25) is 4.79 Å². The van der Waals surface area contributed by atoms with Crippen LogP contribution in [0.5, 0.6) is 0 Å². The zero-order chi connectivity index (χ0) is 16.4. The van der Waals surface area contributed by atoms with E-state index in [0.29, 0.717) is 37.7 Å². The first kappa shape index (κ1) is 16.5. The normalized spacial score (nSPS) is 21.2. The van der Waals surface area contributed by atoms with Crippen molar-refractivity contribution in [3.05, 3.63) is 35.9 Å². The second kappa shape index (κ2) is 6.61. The van der Waals surface area contributed by atoms with Gasteiger partial charge in [-0.1, -0.05) is 25.1 Å². The predicted octanol–water partition coefficient (Wildman–Crippen LogP) is 1.82. The SMILES string of the molecule is CC(CS(=O)(=O)N1CCN(C(=O)c2ccccc2)CC1)C1CC1. The average Bonchev–Trinajstić information content (AvgIpc) is 3.40. The van der Waals surface area contributed by atoms with E-state index in [9.17, 15) is 13.2 Å². The Morgan fingerprint density at radius 3 is 2.30 bits per heavy atom. The molecule has 1 aliphatic carbocycles. The van der Waals surface area contributed by atoms with Crippen LogP contribution in [0.3, 0.4) is 0 Å². The molecule has 1 saturated carbocycles. The van der Waals surface area contributed by atoms with Crippen LogP contribution >= 0.6 is 0 Å². The van der Waals surface area contributed by atoms with E-state index in [4.69, 9.17) is 0 Å². The first-order chi connectivity index (χ1) is 11.0. The molecule has 1 aromatic rings. The fourth-order valence-electron chi connectivity index (χ4n) is 3.17. The van der Waals surface area contributed by atoms with Gasteiger partial charge in [-0.05, 0) is 36.8 Å². The first-order valence-electron chi connectivity index (χ1n) is 8.29. The monoisotopic (exact) mass is 336 g/mol. The third-order valence-electron chi connectivity index (χ3n) is 4.84. The molecule has 3 rings (SSSR count). The van der Waals surface area contributed by atoms with Crippen molar-refractivity contribution >= 4 is 15.9 Å². The number of carbonyl (C=O) groups excluding carboxylic acids is 1. The van der Waals surface area contributed by atoms with Crippen molar-refractivity contribution in [3.63, 3.8) is 0 Å². The summed E-state index contributed by atoms with van der Waals surface area (Å²) in [7, 11) is -3.21. The minimum absolute atomic E-state index is 0.0194. The summed E-state index contributed by atoms with van der Waals surface area (Å²) in [5, 5.41) is 0. The molecule has 0 spiro atoms. The van der Waals surface area contributed by atoms with E-state index in [1.807, 2.05) is 25.1 Å². The number of hydrogen-bond donors (Lipinski definition) is 0. The lowest BCUT2D eigenvalue weighted by Crippen LogP contribution is -2.51. The molecule has 2 aliphatic rings. The van der Waals surface area contributed by atoms with Crippen molar-refractivity contribution in [3.8, 4) is 0 Å². The quantitative estimate of drug-likeness (QED) is 0.824. The molecule has 2 fully saturated rings. The summed E-state index contributed by atoms with van der Waals surface area (Å²) >= 11 is 0. The van der Waals surface area contributed by atoms with Crippen molar-refractivity contribution < 1.29 is 13.2 Å². The lowest BCUT2D eigenvalue weighted by atomic mass is 10.1. The zero-order valence-corrected chi connectivity index (χ0v) is 14.3. The van der Waals surface area contributed by atoms with Crippen molar-refractivity contribution in [2.45, 2.75) is 19.8 Å². The molecular formula is C17H24N2O3S. The van der Waals surface area contributed by atoms with Gasteiger partial charge in [-0.15, -0.1) is 0 Å². The summed E-state index contributed by atoms with van der Waals surface area (Å²) in [6.07, 6.45) is 2.33. The Balaban J connectivity index is 1.56. The molecular weight excluding hydrogens is 312 g/mol. The van der Waals surface area contributed by atoms with E-state index in [1.54, 1.807) is 21.3 Å². The van der Waals surface area contributed by atoms with Gasteiger partial charge < -0.3 is 4.90 Å². The molecule has 1 unspecified atom stereocenters. The van der Waals surface area contributed by atoms with Gasteiger partial charge in [0.2, 0.25) is 10.0 Å². The molecule has 1 aliphatic heterocycles. The second-order valence-corrected chi connectivity index (χ2v) is 8.66. The minimum Gasteiger partial charge on any atom is -0.336 e. The topological polar surface area (TPSA) is 57.7 Å². The maximum atomic E-state index is 12.5. The highest BCUT2D eigenvalue weighted by molar-refractivity contribution is 7.89. The molecule has 6 heteroatoms. The highest BCUT2D eigenvalue weighted by Crippen LogP contribution is 2.37. The number of piperazine rings is 1. The van der Waals surface area contributed by atoms with E-state index in [-0.39, 0.29) is 17.6 Å².